The summed E-state index contributed by atoms with van der Waals surface area (Å²) in [5, 5.41) is 15.1. The number of carbonyl (C=O) groups excluding carboxylic acids is 1. The molecule has 0 saturated carbocycles. The number of likely N-dealkylation sites (tertiary alicyclic amines) is 1. The van der Waals surface area contributed by atoms with Gasteiger partial charge in [-0.25, -0.2) is 0 Å². The van der Waals surface area contributed by atoms with Gasteiger partial charge in [0.05, 0.1) is 29.6 Å². The minimum atomic E-state index is -0.910. The van der Waals surface area contributed by atoms with Gasteiger partial charge in [-0.15, -0.1) is 5.69 Å². The maximum atomic E-state index is 13.5. The first kappa shape index (κ1) is 31.5. The molecule has 40 heavy (non-hydrogen) atoms. The summed E-state index contributed by atoms with van der Waals surface area (Å²) >= 11 is 6.43. The van der Waals surface area contributed by atoms with Crippen molar-refractivity contribution in [1.29, 1.82) is 0 Å². The van der Waals surface area contributed by atoms with Gasteiger partial charge in [0.1, 0.15) is 0 Å². The Labute approximate surface area is 251 Å². The quantitative estimate of drug-likeness (QED) is 0.203. The molecule has 0 bridgehead atoms. The molecule has 1 N–H and O–H groups in total. The first-order chi connectivity index (χ1) is 18.7. The fraction of sp³-hybridized carbons (Fsp3) is 0.344. The van der Waals surface area contributed by atoms with E-state index in [0.717, 1.165) is 42.6 Å². The molecular weight excluding hydrogens is 569 g/mol. The summed E-state index contributed by atoms with van der Waals surface area (Å²) in [6.45, 7) is 7.73. The molecule has 2 atom stereocenters. The number of carboxylic acid groups (broad SMARTS) is 1. The van der Waals surface area contributed by atoms with Crippen LogP contribution in [0.2, 0.25) is 5.02 Å². The molecule has 3 aromatic rings. The fourth-order valence-corrected chi connectivity index (χ4v) is 5.33. The van der Waals surface area contributed by atoms with E-state index in [1.165, 1.54) is 0 Å². The van der Waals surface area contributed by atoms with Crippen LogP contribution in [-0.2, 0) is 32.5 Å². The third kappa shape index (κ3) is 7.39. The van der Waals surface area contributed by atoms with Gasteiger partial charge < -0.3 is 15.2 Å². The SMILES string of the molecule is CCN1CCC[C@]1(C)C(=O)[N-]c1ccc(Cl)cc1C(=NC[C@H](Cc1ccc(C)cc1)C(=O)O)c1ccccc1.[Ni]. The summed E-state index contributed by atoms with van der Waals surface area (Å²) in [5.74, 6) is -1.82. The predicted octanol–water partition coefficient (Wildman–Crippen LogP) is 6.83. The number of likely N-dealkylation sites (N-methyl/N-ethyl adjacent to an activating group) is 1. The van der Waals surface area contributed by atoms with Crippen molar-refractivity contribution in [3.05, 3.63) is 105 Å². The zero-order chi connectivity index (χ0) is 28.0. The third-order valence-electron chi connectivity index (χ3n) is 7.54. The second-order valence-electron chi connectivity index (χ2n) is 10.3. The number of aliphatic imine (C=N–C) groups is 1. The van der Waals surface area contributed by atoms with Crippen LogP contribution < -0.4 is 0 Å². The van der Waals surface area contributed by atoms with Crippen molar-refractivity contribution in [2.45, 2.75) is 45.6 Å². The second kappa shape index (κ2) is 14.1. The van der Waals surface area contributed by atoms with E-state index < -0.39 is 17.4 Å². The van der Waals surface area contributed by atoms with Gasteiger partial charge in [-0.05, 0) is 69.5 Å². The van der Waals surface area contributed by atoms with Crippen LogP contribution in [0.15, 0.2) is 77.8 Å². The molecular formula is C32H35ClN3NiO3-. The normalized spacial score (nSPS) is 18.1. The number of carbonyl (C=O) groups is 2. The number of benzene rings is 3. The number of hydrogen-bond acceptors (Lipinski definition) is 4. The molecule has 1 saturated heterocycles. The van der Waals surface area contributed by atoms with Crippen LogP contribution in [0.25, 0.3) is 5.32 Å². The number of rotatable bonds is 10. The first-order valence-corrected chi connectivity index (χ1v) is 13.8. The van der Waals surface area contributed by atoms with Crippen molar-refractivity contribution in [1.82, 2.24) is 4.90 Å². The van der Waals surface area contributed by atoms with Gasteiger partial charge in [-0.3, -0.25) is 14.7 Å². The van der Waals surface area contributed by atoms with Gasteiger partial charge in [-0.1, -0.05) is 84.8 Å². The summed E-state index contributed by atoms with van der Waals surface area (Å²) < 4.78 is 0. The van der Waals surface area contributed by atoms with Crippen LogP contribution in [0.4, 0.5) is 5.69 Å². The third-order valence-corrected chi connectivity index (χ3v) is 7.77. The van der Waals surface area contributed by atoms with Crippen LogP contribution in [-0.4, -0.2) is 52.8 Å². The fourth-order valence-electron chi connectivity index (χ4n) is 5.16. The van der Waals surface area contributed by atoms with Crippen molar-refractivity contribution < 1.29 is 31.2 Å². The number of halogens is 1. The Morgan fingerprint density at radius 1 is 1.10 bits per heavy atom. The predicted molar refractivity (Wildman–Crippen MR) is 157 cm³/mol. The second-order valence-corrected chi connectivity index (χ2v) is 10.8. The zero-order valence-electron chi connectivity index (χ0n) is 23.0. The van der Waals surface area contributed by atoms with Crippen LogP contribution in [0.5, 0.6) is 0 Å². The number of hydrogen-bond donors (Lipinski definition) is 1. The van der Waals surface area contributed by atoms with Gasteiger partial charge in [0.25, 0.3) is 0 Å². The van der Waals surface area contributed by atoms with Crippen molar-refractivity contribution in [3.8, 4) is 0 Å². The average molecular weight is 604 g/mol. The molecule has 0 spiro atoms. The summed E-state index contributed by atoms with van der Waals surface area (Å²) in [6.07, 6.45) is 2.07. The largest absolute Gasteiger partial charge is 0.625 e. The molecule has 0 aromatic heterocycles. The molecule has 1 aliphatic heterocycles. The van der Waals surface area contributed by atoms with Crippen LogP contribution in [0, 0.1) is 12.8 Å². The van der Waals surface area contributed by atoms with Crippen LogP contribution >= 0.6 is 11.6 Å². The number of nitrogens with zero attached hydrogens (tertiary/aromatic N) is 3. The molecule has 0 unspecified atom stereocenters. The molecule has 8 heteroatoms. The van der Waals surface area contributed by atoms with E-state index in [9.17, 15) is 14.7 Å². The number of aryl methyl sites for hydroxylation is 1. The molecule has 4 rings (SSSR count). The van der Waals surface area contributed by atoms with Crippen molar-refractivity contribution in [2.24, 2.45) is 10.9 Å². The van der Waals surface area contributed by atoms with E-state index in [-0.39, 0.29) is 28.9 Å². The summed E-state index contributed by atoms with van der Waals surface area (Å²) in [5.41, 5.74) is 3.84. The van der Waals surface area contributed by atoms with E-state index in [0.29, 0.717) is 28.4 Å². The van der Waals surface area contributed by atoms with Crippen LogP contribution in [0.3, 0.4) is 0 Å². The Morgan fingerprint density at radius 3 is 2.45 bits per heavy atom. The van der Waals surface area contributed by atoms with E-state index in [2.05, 4.69) is 17.1 Å². The zero-order valence-corrected chi connectivity index (χ0v) is 24.8. The minimum absolute atomic E-state index is 0. The first-order valence-electron chi connectivity index (χ1n) is 13.4. The molecule has 3 aromatic carbocycles. The number of aliphatic carboxylic acids is 1. The van der Waals surface area contributed by atoms with Gasteiger partial charge >= 0.3 is 5.97 Å². The Hall–Kier alpha value is -2.99. The van der Waals surface area contributed by atoms with Gasteiger partial charge in [-0.2, -0.15) is 0 Å². The molecule has 1 amide bonds. The van der Waals surface area contributed by atoms with Gasteiger partial charge in [0, 0.05) is 27.1 Å². The molecule has 1 heterocycles. The number of amides is 1. The Bertz CT molecular complexity index is 1350. The maximum Gasteiger partial charge on any atom is 0.308 e. The van der Waals surface area contributed by atoms with E-state index in [1.807, 2.05) is 68.4 Å². The number of carboxylic acids is 1. The molecule has 6 nitrogen and oxygen atoms in total. The Morgan fingerprint density at radius 2 is 1.80 bits per heavy atom. The van der Waals surface area contributed by atoms with Gasteiger partial charge in [0.15, 0.2) is 0 Å². The van der Waals surface area contributed by atoms with Crippen molar-refractivity contribution in [3.63, 3.8) is 0 Å². The van der Waals surface area contributed by atoms with Crippen LogP contribution in [0.1, 0.15) is 48.9 Å². The van der Waals surface area contributed by atoms with Crippen molar-refractivity contribution in [2.75, 3.05) is 19.6 Å². The summed E-state index contributed by atoms with van der Waals surface area (Å²) in [7, 11) is 0. The Balaban J connectivity index is 0.00000441. The molecule has 0 radical (unpaired) electrons. The summed E-state index contributed by atoms with van der Waals surface area (Å²) in [6, 6.07) is 22.6. The topological polar surface area (TPSA) is 84.1 Å². The maximum absolute atomic E-state index is 13.5. The molecule has 1 aliphatic rings. The molecule has 0 aliphatic carbocycles. The Kier molecular flexibility index (Phi) is 11.1. The smallest absolute Gasteiger partial charge is 0.308 e. The standard InChI is InChI=1S/C32H36ClN3O3.Ni/c1-4-36-18-8-17-32(36,3)31(39)35-28-16-15-26(33)20-27(28)29(24-9-6-5-7-10-24)34-21-25(30(37)38)19-23-13-11-22(2)12-14-23;/h5-7,9-16,20,25H,4,8,17-19,21H2,1-3H3,(H2,34,35,37,38,39);/p-1/t25-,32+;/m0./s1. The van der Waals surface area contributed by atoms with Gasteiger partial charge in [0.2, 0.25) is 0 Å². The van der Waals surface area contributed by atoms with Crippen molar-refractivity contribution >= 4 is 34.9 Å². The van der Waals surface area contributed by atoms with E-state index >= 15 is 0 Å². The van der Waals surface area contributed by atoms with E-state index in [4.69, 9.17) is 16.6 Å². The molecule has 1 fully saturated rings. The molecule has 214 valence electrons. The average Bonchev–Trinajstić information content (AvgIpc) is 3.32. The minimum Gasteiger partial charge on any atom is -0.625 e. The monoisotopic (exact) mass is 602 g/mol. The summed E-state index contributed by atoms with van der Waals surface area (Å²) in [4.78, 5) is 32.8. The van der Waals surface area contributed by atoms with E-state index in [1.54, 1.807) is 18.2 Å².